The highest BCUT2D eigenvalue weighted by atomic mass is 19.4. The van der Waals surface area contributed by atoms with Crippen LogP contribution < -0.4 is 5.32 Å². The van der Waals surface area contributed by atoms with Crippen LogP contribution in [0.2, 0.25) is 0 Å². The van der Waals surface area contributed by atoms with Crippen molar-refractivity contribution < 1.29 is 36.1 Å². The number of halogens is 6. The third kappa shape index (κ3) is 4.33. The second kappa shape index (κ2) is 5.58. The molecule has 0 bridgehead atoms. The first-order chi connectivity index (χ1) is 9.43. The number of hydrogen-bond donors (Lipinski definition) is 1. The third-order valence-corrected chi connectivity index (χ3v) is 2.27. The number of rotatable bonds is 3. The van der Waals surface area contributed by atoms with Crippen LogP contribution in [0.15, 0.2) is 24.3 Å². The van der Waals surface area contributed by atoms with Crippen LogP contribution in [-0.4, -0.2) is 29.2 Å². The molecule has 5 nitrogen and oxygen atoms in total. The zero-order valence-corrected chi connectivity index (χ0v) is 9.83. The van der Waals surface area contributed by atoms with Crippen LogP contribution in [0.1, 0.15) is 10.4 Å². The molecule has 0 aromatic heterocycles. The molecule has 21 heavy (non-hydrogen) atoms. The van der Waals surface area contributed by atoms with Crippen LogP contribution in [-0.2, 0) is 0 Å². The summed E-state index contributed by atoms with van der Waals surface area (Å²) in [6.07, 6.45) is -11.4. The van der Waals surface area contributed by atoms with E-state index in [0.717, 1.165) is 29.6 Å². The lowest BCUT2D eigenvalue weighted by Gasteiger charge is -2.23. The van der Waals surface area contributed by atoms with Crippen molar-refractivity contribution in [3.05, 3.63) is 39.9 Å². The van der Waals surface area contributed by atoms with Gasteiger partial charge in [-0.25, -0.2) is 0 Å². The second-order valence-corrected chi connectivity index (χ2v) is 3.79. The Morgan fingerprint density at radius 2 is 1.48 bits per heavy atom. The van der Waals surface area contributed by atoms with Crippen molar-refractivity contribution in [3.8, 4) is 0 Å². The zero-order chi connectivity index (χ0) is 16.4. The number of nitrogens with zero attached hydrogens (tertiary/aromatic N) is 1. The van der Waals surface area contributed by atoms with Crippen LogP contribution in [0, 0.1) is 10.1 Å². The fourth-order valence-electron chi connectivity index (χ4n) is 1.30. The number of amides is 1. The van der Waals surface area contributed by atoms with E-state index in [2.05, 4.69) is 0 Å². The first-order valence-corrected chi connectivity index (χ1v) is 5.11. The fraction of sp³-hybridized carbons (Fsp3) is 0.300. The molecular formula is C10H6F6N2O3. The quantitative estimate of drug-likeness (QED) is 0.529. The molecule has 0 aliphatic heterocycles. The number of nitro benzene ring substituents is 1. The van der Waals surface area contributed by atoms with E-state index in [1.54, 1.807) is 0 Å². The van der Waals surface area contributed by atoms with E-state index in [1.165, 1.54) is 0 Å². The van der Waals surface area contributed by atoms with Gasteiger partial charge in [0.05, 0.1) is 4.92 Å². The van der Waals surface area contributed by atoms with Gasteiger partial charge >= 0.3 is 12.4 Å². The monoisotopic (exact) mass is 316 g/mol. The van der Waals surface area contributed by atoms with Crippen molar-refractivity contribution in [2.24, 2.45) is 0 Å². The Kier molecular flexibility index (Phi) is 4.44. The van der Waals surface area contributed by atoms with Crippen LogP contribution in [0.4, 0.5) is 32.0 Å². The summed E-state index contributed by atoms with van der Waals surface area (Å²) in [4.78, 5) is 20.8. The number of carbonyl (C=O) groups excluding carboxylic acids is 1. The summed E-state index contributed by atoms with van der Waals surface area (Å²) in [6, 6.07) is -0.960. The number of nitro groups is 1. The van der Waals surface area contributed by atoms with Gasteiger partial charge < -0.3 is 5.32 Å². The molecule has 0 heterocycles. The Labute approximate surface area is 112 Å². The fourth-order valence-corrected chi connectivity index (χ4v) is 1.30. The van der Waals surface area contributed by atoms with Crippen LogP contribution in [0.5, 0.6) is 0 Å². The lowest BCUT2D eigenvalue weighted by molar-refractivity contribution is -0.384. The van der Waals surface area contributed by atoms with Gasteiger partial charge in [-0.05, 0) is 12.1 Å². The molecular weight excluding hydrogens is 310 g/mol. The van der Waals surface area contributed by atoms with Gasteiger partial charge in [0, 0.05) is 17.7 Å². The molecule has 0 aliphatic carbocycles. The number of carbonyl (C=O) groups is 1. The van der Waals surface area contributed by atoms with Gasteiger partial charge in [-0.3, -0.25) is 14.9 Å². The summed E-state index contributed by atoms with van der Waals surface area (Å²) < 4.78 is 73.4. The number of hydrogen-bond acceptors (Lipinski definition) is 3. The predicted octanol–water partition coefficient (Wildman–Crippen LogP) is 2.82. The van der Waals surface area contributed by atoms with E-state index in [4.69, 9.17) is 0 Å². The summed E-state index contributed by atoms with van der Waals surface area (Å²) in [7, 11) is 0. The van der Waals surface area contributed by atoms with Gasteiger partial charge in [-0.15, -0.1) is 0 Å². The highest BCUT2D eigenvalue weighted by molar-refractivity contribution is 5.94. The smallest absolute Gasteiger partial charge is 0.333 e. The van der Waals surface area contributed by atoms with Gasteiger partial charge in [-0.1, -0.05) is 0 Å². The maximum atomic E-state index is 12.2. The Bertz CT molecular complexity index is 523. The SMILES string of the molecule is O=C(NC(C(F)(F)F)C(F)(F)F)c1ccc([N+](=O)[O-])cc1. The minimum absolute atomic E-state index is 0.463. The molecule has 0 radical (unpaired) electrons. The molecule has 0 spiro atoms. The Morgan fingerprint density at radius 1 is 1.05 bits per heavy atom. The van der Waals surface area contributed by atoms with E-state index < -0.39 is 40.5 Å². The first kappa shape index (κ1) is 16.7. The van der Waals surface area contributed by atoms with Crippen molar-refractivity contribution in [3.63, 3.8) is 0 Å². The van der Waals surface area contributed by atoms with E-state index in [1.807, 2.05) is 0 Å². The number of non-ortho nitro benzene ring substituents is 1. The lowest BCUT2D eigenvalue weighted by Crippen LogP contribution is -2.54. The summed E-state index contributed by atoms with van der Waals surface area (Å²) in [6.45, 7) is 0. The maximum absolute atomic E-state index is 12.2. The third-order valence-electron chi connectivity index (χ3n) is 2.27. The van der Waals surface area contributed by atoms with Crippen molar-refractivity contribution >= 4 is 11.6 Å². The topological polar surface area (TPSA) is 72.2 Å². The highest BCUT2D eigenvalue weighted by Gasteiger charge is 2.57. The molecule has 11 heteroatoms. The molecule has 0 aliphatic rings. The summed E-state index contributed by atoms with van der Waals surface area (Å²) in [5, 5.41) is 11.1. The summed E-state index contributed by atoms with van der Waals surface area (Å²) in [5.74, 6) is -1.65. The van der Waals surface area contributed by atoms with E-state index in [9.17, 15) is 41.3 Å². The van der Waals surface area contributed by atoms with Crippen LogP contribution in [0.3, 0.4) is 0 Å². The molecule has 1 aromatic carbocycles. The van der Waals surface area contributed by atoms with Gasteiger partial charge in [-0.2, -0.15) is 26.3 Å². The van der Waals surface area contributed by atoms with Crippen LogP contribution in [0.25, 0.3) is 0 Å². The first-order valence-electron chi connectivity index (χ1n) is 5.11. The molecule has 0 atom stereocenters. The second-order valence-electron chi connectivity index (χ2n) is 3.79. The van der Waals surface area contributed by atoms with Crippen molar-refractivity contribution in [1.82, 2.24) is 5.32 Å². The summed E-state index contributed by atoms with van der Waals surface area (Å²) in [5.41, 5.74) is -1.03. The van der Waals surface area contributed by atoms with Gasteiger partial charge in [0.2, 0.25) is 6.04 Å². The molecule has 0 unspecified atom stereocenters. The number of alkyl halides is 6. The lowest BCUT2D eigenvalue weighted by atomic mass is 10.1. The minimum atomic E-state index is -5.71. The molecule has 0 saturated heterocycles. The Morgan fingerprint density at radius 3 is 1.81 bits per heavy atom. The van der Waals surface area contributed by atoms with Crippen molar-refractivity contribution in [2.75, 3.05) is 0 Å². The van der Waals surface area contributed by atoms with E-state index in [-0.39, 0.29) is 0 Å². The summed E-state index contributed by atoms with van der Waals surface area (Å²) >= 11 is 0. The zero-order valence-electron chi connectivity index (χ0n) is 9.83. The molecule has 0 fully saturated rings. The molecule has 116 valence electrons. The average Bonchev–Trinajstić information content (AvgIpc) is 2.33. The van der Waals surface area contributed by atoms with Crippen molar-refractivity contribution in [1.29, 1.82) is 0 Å². The Balaban J connectivity index is 2.95. The maximum Gasteiger partial charge on any atom is 0.417 e. The average molecular weight is 316 g/mol. The van der Waals surface area contributed by atoms with Gasteiger partial charge in [0.1, 0.15) is 0 Å². The molecule has 1 aromatic rings. The standard InChI is InChI=1S/C10H6F6N2O3/c11-9(12,13)8(10(14,15)16)17-7(19)5-1-3-6(4-2-5)18(20)21/h1-4,8H,(H,17,19). The largest absolute Gasteiger partial charge is 0.417 e. The Hall–Kier alpha value is -2.33. The molecule has 1 N–H and O–H groups in total. The van der Waals surface area contributed by atoms with Crippen LogP contribution >= 0.6 is 0 Å². The molecule has 0 saturated carbocycles. The van der Waals surface area contributed by atoms with Gasteiger partial charge in [0.25, 0.3) is 11.6 Å². The molecule has 1 amide bonds. The number of benzene rings is 1. The highest BCUT2D eigenvalue weighted by Crippen LogP contribution is 2.33. The van der Waals surface area contributed by atoms with Gasteiger partial charge in [0.15, 0.2) is 0 Å². The van der Waals surface area contributed by atoms with E-state index >= 15 is 0 Å². The number of nitrogens with one attached hydrogen (secondary N) is 1. The van der Waals surface area contributed by atoms with Crippen molar-refractivity contribution in [2.45, 2.75) is 18.4 Å². The molecule has 1 rings (SSSR count). The van der Waals surface area contributed by atoms with E-state index in [0.29, 0.717) is 0 Å². The normalized spacial score (nSPS) is 12.3. The minimum Gasteiger partial charge on any atom is -0.333 e. The predicted molar refractivity (Wildman–Crippen MR) is 56.5 cm³/mol.